The predicted octanol–water partition coefficient (Wildman–Crippen LogP) is 7.20. The van der Waals surface area contributed by atoms with Crippen LogP contribution in [0.15, 0.2) is 71.7 Å². The molecule has 29 heavy (non-hydrogen) atoms. The Morgan fingerprint density at radius 2 is 1.38 bits per heavy atom. The minimum absolute atomic E-state index is 0.209. The zero-order valence-electron chi connectivity index (χ0n) is 14.9. The number of alkyl halides is 3. The van der Waals surface area contributed by atoms with Crippen molar-refractivity contribution in [1.29, 1.82) is 0 Å². The van der Waals surface area contributed by atoms with Gasteiger partial charge in [0.15, 0.2) is 0 Å². The summed E-state index contributed by atoms with van der Waals surface area (Å²) in [5.74, 6) is 0.400. The van der Waals surface area contributed by atoms with E-state index >= 15 is 0 Å². The monoisotopic (exact) mass is 435 g/mol. The number of halogens is 5. The molecule has 0 spiro atoms. The Labute approximate surface area is 175 Å². The zero-order valence-corrected chi connectivity index (χ0v) is 16.4. The van der Waals surface area contributed by atoms with Crippen LogP contribution in [0.1, 0.15) is 22.7 Å². The molecular formula is C22H14Cl2F3NO. The van der Waals surface area contributed by atoms with Crippen LogP contribution in [0.4, 0.5) is 13.2 Å². The van der Waals surface area contributed by atoms with Gasteiger partial charge in [-0.25, -0.2) is 4.99 Å². The lowest BCUT2D eigenvalue weighted by Crippen LogP contribution is -2.04. The minimum Gasteiger partial charge on any atom is -0.475 e. The Morgan fingerprint density at radius 1 is 0.828 bits per heavy atom. The third-order valence-corrected chi connectivity index (χ3v) is 5.30. The molecule has 7 heteroatoms. The number of nitrogens with zero attached hydrogens (tertiary/aromatic N) is 1. The number of hydrogen-bond donors (Lipinski definition) is 0. The second-order valence-electron chi connectivity index (χ2n) is 6.55. The van der Waals surface area contributed by atoms with Crippen molar-refractivity contribution < 1.29 is 17.9 Å². The summed E-state index contributed by atoms with van der Waals surface area (Å²) < 4.78 is 43.8. The fourth-order valence-electron chi connectivity index (χ4n) is 3.13. The van der Waals surface area contributed by atoms with Crippen molar-refractivity contribution in [3.8, 4) is 11.1 Å². The van der Waals surface area contributed by atoms with E-state index in [9.17, 15) is 13.2 Å². The fourth-order valence-corrected chi connectivity index (χ4v) is 3.69. The molecule has 0 saturated heterocycles. The third-order valence-electron chi connectivity index (χ3n) is 4.67. The van der Waals surface area contributed by atoms with Crippen LogP contribution in [0.5, 0.6) is 0 Å². The van der Waals surface area contributed by atoms with Crippen molar-refractivity contribution in [2.45, 2.75) is 12.2 Å². The van der Waals surface area contributed by atoms with Crippen molar-refractivity contribution in [1.82, 2.24) is 0 Å². The lowest BCUT2D eigenvalue weighted by Gasteiger charge is -2.09. The van der Waals surface area contributed by atoms with Crippen LogP contribution in [0.3, 0.4) is 0 Å². The van der Waals surface area contributed by atoms with E-state index < -0.39 is 11.7 Å². The Hall–Kier alpha value is -2.50. The van der Waals surface area contributed by atoms with Gasteiger partial charge in [0, 0.05) is 0 Å². The third kappa shape index (κ3) is 4.11. The van der Waals surface area contributed by atoms with E-state index in [1.54, 1.807) is 18.2 Å². The van der Waals surface area contributed by atoms with Gasteiger partial charge >= 0.3 is 6.18 Å². The molecular weight excluding hydrogens is 422 g/mol. The maximum absolute atomic E-state index is 12.7. The number of aliphatic imine (C=N–C) groups is 1. The Kier molecular flexibility index (Phi) is 5.28. The van der Waals surface area contributed by atoms with Crippen LogP contribution in [-0.2, 0) is 10.9 Å². The van der Waals surface area contributed by atoms with E-state index in [0.29, 0.717) is 33.7 Å². The highest BCUT2D eigenvalue weighted by Crippen LogP contribution is 2.33. The smallest absolute Gasteiger partial charge is 0.416 e. The van der Waals surface area contributed by atoms with E-state index in [1.165, 1.54) is 12.1 Å². The van der Waals surface area contributed by atoms with E-state index in [-0.39, 0.29) is 6.04 Å². The molecule has 1 aliphatic heterocycles. The van der Waals surface area contributed by atoms with Crippen LogP contribution in [0.25, 0.3) is 11.1 Å². The summed E-state index contributed by atoms with van der Waals surface area (Å²) in [6.45, 7) is 0.358. The first-order chi connectivity index (χ1) is 13.8. The van der Waals surface area contributed by atoms with Crippen molar-refractivity contribution >= 4 is 29.1 Å². The topological polar surface area (TPSA) is 21.6 Å². The summed E-state index contributed by atoms with van der Waals surface area (Å²) in [4.78, 5) is 4.59. The molecule has 0 fully saturated rings. The normalized spacial score (nSPS) is 16.4. The molecule has 3 aromatic rings. The van der Waals surface area contributed by atoms with Gasteiger partial charge in [-0.1, -0.05) is 65.7 Å². The lowest BCUT2D eigenvalue weighted by atomic mass is 10.0. The van der Waals surface area contributed by atoms with Crippen LogP contribution < -0.4 is 0 Å². The van der Waals surface area contributed by atoms with Gasteiger partial charge in [0.1, 0.15) is 12.6 Å². The maximum atomic E-state index is 12.7. The van der Waals surface area contributed by atoms with Crippen molar-refractivity contribution in [3.05, 3.63) is 93.5 Å². The van der Waals surface area contributed by atoms with Gasteiger partial charge in [-0.15, -0.1) is 0 Å². The SMILES string of the molecule is FC(F)(F)c1ccc(-c2ccc(C3COC(c4c(Cl)cccc4Cl)=N3)cc2)cc1. The molecule has 1 unspecified atom stereocenters. The summed E-state index contributed by atoms with van der Waals surface area (Å²) in [5, 5.41) is 0.934. The lowest BCUT2D eigenvalue weighted by molar-refractivity contribution is -0.137. The van der Waals surface area contributed by atoms with Gasteiger partial charge in [0.05, 0.1) is 21.2 Å². The second kappa shape index (κ2) is 7.73. The summed E-state index contributed by atoms with van der Waals surface area (Å²) in [6, 6.07) is 17.6. The Balaban J connectivity index is 1.55. The predicted molar refractivity (Wildman–Crippen MR) is 109 cm³/mol. The summed E-state index contributed by atoms with van der Waals surface area (Å²) in [7, 11) is 0. The van der Waals surface area contributed by atoms with Crippen LogP contribution in [-0.4, -0.2) is 12.5 Å². The first-order valence-corrected chi connectivity index (χ1v) is 9.51. The molecule has 0 bridgehead atoms. The summed E-state index contributed by atoms with van der Waals surface area (Å²) >= 11 is 12.4. The standard InChI is InChI=1S/C22H14Cl2F3NO/c23-17-2-1-3-18(24)20(17)21-28-19(12-29-21)15-6-4-13(5-7-15)14-8-10-16(11-9-14)22(25,26)27/h1-11,19H,12H2. The number of ether oxygens (including phenoxy) is 1. The highest BCUT2D eigenvalue weighted by Gasteiger charge is 2.30. The molecule has 0 aromatic heterocycles. The van der Waals surface area contributed by atoms with Crippen LogP contribution in [0.2, 0.25) is 10.0 Å². The average Bonchev–Trinajstić information content (AvgIpc) is 3.17. The molecule has 148 valence electrons. The van der Waals surface area contributed by atoms with Gasteiger partial charge in [0.25, 0.3) is 0 Å². The van der Waals surface area contributed by atoms with Crippen LogP contribution in [0, 0.1) is 0 Å². The van der Waals surface area contributed by atoms with Crippen molar-refractivity contribution in [2.24, 2.45) is 4.99 Å². The highest BCUT2D eigenvalue weighted by molar-refractivity contribution is 6.39. The largest absolute Gasteiger partial charge is 0.475 e. The average molecular weight is 436 g/mol. The number of benzene rings is 3. The maximum Gasteiger partial charge on any atom is 0.416 e. The van der Waals surface area contributed by atoms with Gasteiger partial charge in [-0.2, -0.15) is 13.2 Å². The molecule has 3 aromatic carbocycles. The molecule has 1 heterocycles. The Morgan fingerprint density at radius 3 is 1.93 bits per heavy atom. The highest BCUT2D eigenvalue weighted by atomic mass is 35.5. The number of rotatable bonds is 3. The molecule has 0 aliphatic carbocycles. The second-order valence-corrected chi connectivity index (χ2v) is 7.37. The molecule has 4 rings (SSSR count). The molecule has 0 saturated carbocycles. The molecule has 0 radical (unpaired) electrons. The molecule has 1 atom stereocenters. The molecule has 1 aliphatic rings. The quantitative estimate of drug-likeness (QED) is 0.426. The first-order valence-electron chi connectivity index (χ1n) is 8.75. The van der Waals surface area contributed by atoms with Crippen molar-refractivity contribution in [3.63, 3.8) is 0 Å². The molecule has 0 amide bonds. The van der Waals surface area contributed by atoms with Gasteiger partial charge in [0.2, 0.25) is 5.90 Å². The fraction of sp³-hybridized carbons (Fsp3) is 0.136. The first kappa shape index (κ1) is 19.8. The molecule has 2 nitrogen and oxygen atoms in total. The van der Waals surface area contributed by atoms with Gasteiger partial charge in [-0.05, 0) is 41.0 Å². The van der Waals surface area contributed by atoms with Crippen molar-refractivity contribution in [2.75, 3.05) is 6.61 Å². The molecule has 0 N–H and O–H groups in total. The van der Waals surface area contributed by atoms with E-state index in [4.69, 9.17) is 27.9 Å². The minimum atomic E-state index is -4.34. The van der Waals surface area contributed by atoms with E-state index in [2.05, 4.69) is 4.99 Å². The van der Waals surface area contributed by atoms with E-state index in [0.717, 1.165) is 23.3 Å². The van der Waals surface area contributed by atoms with Crippen LogP contribution >= 0.6 is 23.2 Å². The Bertz CT molecular complexity index is 1040. The van der Waals surface area contributed by atoms with E-state index in [1.807, 2.05) is 24.3 Å². The summed E-state index contributed by atoms with van der Waals surface area (Å²) in [6.07, 6.45) is -4.34. The summed E-state index contributed by atoms with van der Waals surface area (Å²) in [5.41, 5.74) is 2.36. The van der Waals surface area contributed by atoms with Gasteiger partial charge < -0.3 is 4.74 Å². The van der Waals surface area contributed by atoms with Gasteiger partial charge in [-0.3, -0.25) is 0 Å². The zero-order chi connectivity index (χ0) is 20.6. The number of hydrogen-bond acceptors (Lipinski definition) is 2.